The maximum Gasteiger partial charge on any atom is 0.152 e. The first kappa shape index (κ1) is 19.8. The SMILES string of the molecule is Cc1cccnc1-c1nc2cc(Nc3cncc(N(C)C4CNC(C)C4)n3)ncc2s1. The van der Waals surface area contributed by atoms with Crippen molar-refractivity contribution in [3.05, 3.63) is 48.5 Å². The standard InChI is InChI=1S/C22H24N8S/c1-13-5-4-6-24-21(13)22-27-16-8-18(26-10-17(16)31-22)28-19-11-23-12-20(29-19)30(3)15-7-14(2)25-9-15/h4-6,8,10-12,14-15,25H,7,9H2,1-3H3,(H,26,28,29). The van der Waals surface area contributed by atoms with Gasteiger partial charge in [-0.1, -0.05) is 6.07 Å². The van der Waals surface area contributed by atoms with Gasteiger partial charge in [0, 0.05) is 44.1 Å². The van der Waals surface area contributed by atoms with Gasteiger partial charge in [-0.3, -0.25) is 9.97 Å². The molecule has 0 radical (unpaired) electrons. The Labute approximate surface area is 184 Å². The van der Waals surface area contributed by atoms with Crippen molar-refractivity contribution in [3.8, 4) is 10.7 Å². The van der Waals surface area contributed by atoms with Crippen molar-refractivity contribution in [3.63, 3.8) is 0 Å². The van der Waals surface area contributed by atoms with Crippen LogP contribution in [0.1, 0.15) is 18.9 Å². The summed E-state index contributed by atoms with van der Waals surface area (Å²) in [6, 6.07) is 6.86. The van der Waals surface area contributed by atoms with Gasteiger partial charge in [0.1, 0.15) is 22.3 Å². The zero-order valence-corrected chi connectivity index (χ0v) is 18.5. The Hall–Kier alpha value is -3.17. The third-order valence-electron chi connectivity index (χ3n) is 5.60. The highest BCUT2D eigenvalue weighted by atomic mass is 32.1. The van der Waals surface area contributed by atoms with Gasteiger partial charge in [0.05, 0.1) is 22.6 Å². The molecule has 4 aromatic heterocycles. The molecule has 2 unspecified atom stereocenters. The zero-order valence-electron chi connectivity index (χ0n) is 17.7. The van der Waals surface area contributed by atoms with Gasteiger partial charge in [0.15, 0.2) is 5.82 Å². The number of rotatable bonds is 5. The predicted octanol–water partition coefficient (Wildman–Crippen LogP) is 3.78. The summed E-state index contributed by atoms with van der Waals surface area (Å²) in [4.78, 5) is 25.1. The smallest absolute Gasteiger partial charge is 0.152 e. The number of nitrogens with one attached hydrogen (secondary N) is 2. The predicted molar refractivity (Wildman–Crippen MR) is 125 cm³/mol. The molecule has 0 aliphatic carbocycles. The van der Waals surface area contributed by atoms with Crippen LogP contribution in [0, 0.1) is 6.92 Å². The second-order valence-corrected chi connectivity index (χ2v) is 8.95. The lowest BCUT2D eigenvalue weighted by Crippen LogP contribution is -2.34. The summed E-state index contributed by atoms with van der Waals surface area (Å²) in [5.74, 6) is 2.19. The first-order chi connectivity index (χ1) is 15.1. The summed E-state index contributed by atoms with van der Waals surface area (Å²) >= 11 is 1.60. The number of thiazole rings is 1. The van der Waals surface area contributed by atoms with Gasteiger partial charge in [0.25, 0.3) is 0 Å². The molecule has 5 rings (SSSR count). The molecule has 0 saturated carbocycles. The molecule has 158 valence electrons. The van der Waals surface area contributed by atoms with Gasteiger partial charge in [-0.05, 0) is 31.9 Å². The van der Waals surface area contributed by atoms with E-state index in [1.807, 2.05) is 31.3 Å². The summed E-state index contributed by atoms with van der Waals surface area (Å²) in [5.41, 5.74) is 2.90. The number of aromatic nitrogens is 5. The number of anilines is 3. The van der Waals surface area contributed by atoms with E-state index >= 15 is 0 Å². The van der Waals surface area contributed by atoms with Crippen molar-refractivity contribution >= 4 is 39.0 Å². The van der Waals surface area contributed by atoms with E-state index in [4.69, 9.17) is 9.97 Å². The third-order valence-corrected chi connectivity index (χ3v) is 6.61. The van der Waals surface area contributed by atoms with Crippen molar-refractivity contribution in [1.29, 1.82) is 0 Å². The van der Waals surface area contributed by atoms with Crippen LogP contribution in [0.3, 0.4) is 0 Å². The molecular formula is C22H24N8S. The number of fused-ring (bicyclic) bond motifs is 1. The molecule has 0 bridgehead atoms. The summed E-state index contributed by atoms with van der Waals surface area (Å²) in [6.45, 7) is 5.21. The molecule has 31 heavy (non-hydrogen) atoms. The highest BCUT2D eigenvalue weighted by Crippen LogP contribution is 2.31. The highest BCUT2D eigenvalue weighted by Gasteiger charge is 2.25. The average molecular weight is 433 g/mol. The molecule has 1 saturated heterocycles. The fourth-order valence-electron chi connectivity index (χ4n) is 3.82. The average Bonchev–Trinajstić information content (AvgIpc) is 3.39. The number of likely N-dealkylation sites (N-methyl/N-ethyl adjacent to an activating group) is 1. The first-order valence-corrected chi connectivity index (χ1v) is 11.1. The van der Waals surface area contributed by atoms with Crippen LogP contribution in [0.5, 0.6) is 0 Å². The van der Waals surface area contributed by atoms with E-state index in [1.165, 1.54) is 0 Å². The number of pyridine rings is 2. The summed E-state index contributed by atoms with van der Waals surface area (Å²) < 4.78 is 1.02. The third kappa shape index (κ3) is 4.06. The summed E-state index contributed by atoms with van der Waals surface area (Å²) in [5, 5.41) is 7.65. The Balaban J connectivity index is 1.37. The van der Waals surface area contributed by atoms with Crippen molar-refractivity contribution < 1.29 is 0 Å². The monoisotopic (exact) mass is 432 g/mol. The van der Waals surface area contributed by atoms with Gasteiger partial charge in [-0.25, -0.2) is 15.0 Å². The molecule has 0 aromatic carbocycles. The van der Waals surface area contributed by atoms with E-state index < -0.39 is 0 Å². The van der Waals surface area contributed by atoms with Crippen LogP contribution < -0.4 is 15.5 Å². The van der Waals surface area contributed by atoms with Crippen molar-refractivity contribution in [1.82, 2.24) is 30.2 Å². The number of hydrogen-bond acceptors (Lipinski definition) is 9. The quantitative estimate of drug-likeness (QED) is 0.492. The minimum atomic E-state index is 0.414. The maximum atomic E-state index is 4.78. The van der Waals surface area contributed by atoms with Crippen LogP contribution in [-0.4, -0.2) is 50.6 Å². The van der Waals surface area contributed by atoms with E-state index in [0.717, 1.165) is 45.3 Å². The molecule has 1 aliphatic heterocycles. The van der Waals surface area contributed by atoms with Crippen molar-refractivity contribution in [2.24, 2.45) is 0 Å². The van der Waals surface area contributed by atoms with Crippen LogP contribution in [0.2, 0.25) is 0 Å². The number of nitrogens with zero attached hydrogens (tertiary/aromatic N) is 6. The van der Waals surface area contributed by atoms with E-state index in [0.29, 0.717) is 23.7 Å². The molecule has 4 aromatic rings. The fraction of sp³-hybridized carbons (Fsp3) is 0.318. The second kappa shape index (κ2) is 8.16. The molecule has 0 amide bonds. The van der Waals surface area contributed by atoms with Crippen LogP contribution in [0.25, 0.3) is 20.9 Å². The Morgan fingerprint density at radius 3 is 2.87 bits per heavy atom. The molecular weight excluding hydrogens is 408 g/mol. The van der Waals surface area contributed by atoms with Gasteiger partial charge < -0.3 is 15.5 Å². The minimum absolute atomic E-state index is 0.414. The van der Waals surface area contributed by atoms with Gasteiger partial charge in [0.2, 0.25) is 0 Å². The fourth-order valence-corrected chi connectivity index (χ4v) is 4.80. The molecule has 5 heterocycles. The van der Waals surface area contributed by atoms with E-state index in [1.54, 1.807) is 29.9 Å². The molecule has 1 aliphatic rings. The maximum absolute atomic E-state index is 4.78. The topological polar surface area (TPSA) is 91.8 Å². The van der Waals surface area contributed by atoms with Crippen LogP contribution in [0.15, 0.2) is 43.0 Å². The lowest BCUT2D eigenvalue weighted by Gasteiger charge is -2.25. The normalized spacial score (nSPS) is 18.4. The Morgan fingerprint density at radius 2 is 2.06 bits per heavy atom. The summed E-state index contributed by atoms with van der Waals surface area (Å²) in [7, 11) is 2.07. The minimum Gasteiger partial charge on any atom is -0.354 e. The number of aryl methyl sites for hydroxylation is 1. The molecule has 2 N–H and O–H groups in total. The Bertz CT molecular complexity index is 1220. The van der Waals surface area contributed by atoms with E-state index in [-0.39, 0.29) is 0 Å². The van der Waals surface area contributed by atoms with Crippen LogP contribution >= 0.6 is 11.3 Å². The highest BCUT2D eigenvalue weighted by molar-refractivity contribution is 7.21. The van der Waals surface area contributed by atoms with Crippen molar-refractivity contribution in [2.45, 2.75) is 32.4 Å². The number of hydrogen-bond donors (Lipinski definition) is 2. The van der Waals surface area contributed by atoms with Crippen molar-refractivity contribution in [2.75, 3.05) is 23.8 Å². The van der Waals surface area contributed by atoms with Gasteiger partial charge >= 0.3 is 0 Å². The molecule has 2 atom stereocenters. The lowest BCUT2D eigenvalue weighted by atomic mass is 10.2. The van der Waals surface area contributed by atoms with E-state index in [9.17, 15) is 0 Å². The van der Waals surface area contributed by atoms with E-state index in [2.05, 4.69) is 44.5 Å². The van der Waals surface area contributed by atoms with Crippen LogP contribution in [0.4, 0.5) is 17.5 Å². The molecule has 1 fully saturated rings. The molecule has 0 spiro atoms. The summed E-state index contributed by atoms with van der Waals surface area (Å²) in [6.07, 6.45) is 8.24. The molecule has 8 nitrogen and oxygen atoms in total. The molecule has 9 heteroatoms. The lowest BCUT2D eigenvalue weighted by molar-refractivity contribution is 0.641. The first-order valence-electron chi connectivity index (χ1n) is 10.3. The zero-order chi connectivity index (χ0) is 21.4. The Kier molecular flexibility index (Phi) is 5.21. The Morgan fingerprint density at radius 1 is 1.16 bits per heavy atom. The largest absolute Gasteiger partial charge is 0.354 e. The van der Waals surface area contributed by atoms with Gasteiger partial charge in [-0.2, -0.15) is 0 Å². The van der Waals surface area contributed by atoms with Crippen LogP contribution in [-0.2, 0) is 0 Å². The second-order valence-electron chi connectivity index (χ2n) is 7.92. The van der Waals surface area contributed by atoms with Gasteiger partial charge in [-0.15, -0.1) is 11.3 Å².